The highest BCUT2D eigenvalue weighted by Crippen LogP contribution is 2.32. The van der Waals surface area contributed by atoms with Gasteiger partial charge in [0.05, 0.1) is 17.7 Å². The summed E-state index contributed by atoms with van der Waals surface area (Å²) >= 11 is 0.912. The van der Waals surface area contributed by atoms with Crippen LogP contribution in [0.1, 0.15) is 11.3 Å². The van der Waals surface area contributed by atoms with Crippen LogP contribution in [-0.4, -0.2) is 29.2 Å². The lowest BCUT2D eigenvalue weighted by Gasteiger charge is -2.13. The summed E-state index contributed by atoms with van der Waals surface area (Å²) in [5.41, 5.74) is 1.09. The number of ether oxygens (including phenoxy) is 1. The molecule has 23 heavy (non-hydrogen) atoms. The Morgan fingerprint density at radius 3 is 2.87 bits per heavy atom. The van der Waals surface area contributed by atoms with Crippen molar-refractivity contribution in [1.29, 1.82) is 0 Å². The highest BCUT2D eigenvalue weighted by atomic mass is 32.2. The third kappa shape index (κ3) is 3.65. The molecule has 2 aromatic rings. The number of carbonyl (C=O) groups is 2. The summed E-state index contributed by atoms with van der Waals surface area (Å²) in [5.74, 6) is 0.957. The smallest absolute Gasteiger partial charge is 0.293 e. The van der Waals surface area contributed by atoms with Crippen LogP contribution >= 0.6 is 11.8 Å². The molecule has 0 saturated carbocycles. The van der Waals surface area contributed by atoms with Crippen molar-refractivity contribution < 1.29 is 18.7 Å². The van der Waals surface area contributed by atoms with Gasteiger partial charge in [-0.2, -0.15) is 0 Å². The van der Waals surface area contributed by atoms with Crippen molar-refractivity contribution in [2.24, 2.45) is 0 Å². The Balaban J connectivity index is 1.60. The van der Waals surface area contributed by atoms with E-state index in [0.29, 0.717) is 10.7 Å². The Morgan fingerprint density at radius 2 is 2.13 bits per heavy atom. The van der Waals surface area contributed by atoms with Crippen molar-refractivity contribution in [1.82, 2.24) is 4.90 Å². The highest BCUT2D eigenvalue weighted by Gasteiger charge is 2.34. The fourth-order valence-corrected chi connectivity index (χ4v) is 3.00. The fourth-order valence-electron chi connectivity index (χ4n) is 2.16. The van der Waals surface area contributed by atoms with Gasteiger partial charge >= 0.3 is 0 Å². The van der Waals surface area contributed by atoms with Crippen molar-refractivity contribution in [2.45, 2.75) is 6.92 Å². The lowest BCUT2D eigenvalue weighted by Crippen LogP contribution is -2.32. The van der Waals surface area contributed by atoms with E-state index in [1.165, 1.54) is 11.2 Å². The molecule has 2 amide bonds. The molecule has 0 atom stereocenters. The van der Waals surface area contributed by atoms with E-state index in [-0.39, 0.29) is 24.3 Å². The summed E-state index contributed by atoms with van der Waals surface area (Å²) in [4.78, 5) is 25.8. The molecule has 118 valence electrons. The number of rotatable bonds is 5. The van der Waals surface area contributed by atoms with Gasteiger partial charge in [-0.15, -0.1) is 0 Å². The first-order valence-corrected chi connectivity index (χ1v) is 7.93. The lowest BCUT2D eigenvalue weighted by molar-refractivity contribution is -0.123. The second kappa shape index (κ2) is 6.75. The first-order chi connectivity index (χ1) is 11.1. The molecule has 1 aliphatic heterocycles. The van der Waals surface area contributed by atoms with Gasteiger partial charge in [-0.3, -0.25) is 14.5 Å². The van der Waals surface area contributed by atoms with Crippen LogP contribution in [0.3, 0.4) is 0 Å². The van der Waals surface area contributed by atoms with E-state index in [1.807, 2.05) is 31.2 Å². The molecule has 6 heteroatoms. The molecule has 5 nitrogen and oxygen atoms in total. The number of thioether (sulfide) groups is 1. The molecule has 0 N–H and O–H groups in total. The van der Waals surface area contributed by atoms with Crippen LogP contribution in [0.2, 0.25) is 0 Å². The zero-order chi connectivity index (χ0) is 16.2. The first-order valence-electron chi connectivity index (χ1n) is 7.12. The lowest BCUT2D eigenvalue weighted by atomic mass is 10.2. The van der Waals surface area contributed by atoms with Gasteiger partial charge in [0.25, 0.3) is 11.1 Å². The summed E-state index contributed by atoms with van der Waals surface area (Å²) in [6, 6.07) is 11.1. The number of aryl methyl sites for hydroxylation is 1. The van der Waals surface area contributed by atoms with Gasteiger partial charge in [0.2, 0.25) is 0 Å². The van der Waals surface area contributed by atoms with Crippen molar-refractivity contribution in [3.05, 3.63) is 58.9 Å². The molecular formula is C17H15NO4S. The Morgan fingerprint density at radius 1 is 1.26 bits per heavy atom. The van der Waals surface area contributed by atoms with Crippen molar-refractivity contribution >= 4 is 29.0 Å². The van der Waals surface area contributed by atoms with E-state index in [0.717, 1.165) is 23.1 Å². The third-order valence-electron chi connectivity index (χ3n) is 3.26. The second-order valence-electron chi connectivity index (χ2n) is 5.01. The summed E-state index contributed by atoms with van der Waals surface area (Å²) in [6.07, 6.45) is 3.10. The van der Waals surface area contributed by atoms with E-state index >= 15 is 0 Å². The van der Waals surface area contributed by atoms with Crippen molar-refractivity contribution in [3.63, 3.8) is 0 Å². The number of carbonyl (C=O) groups excluding carboxylic acids is 2. The van der Waals surface area contributed by atoms with Gasteiger partial charge in [-0.25, -0.2) is 0 Å². The zero-order valence-electron chi connectivity index (χ0n) is 12.5. The minimum absolute atomic E-state index is 0.216. The van der Waals surface area contributed by atoms with Crippen molar-refractivity contribution in [2.75, 3.05) is 13.2 Å². The van der Waals surface area contributed by atoms with Crippen LogP contribution in [-0.2, 0) is 4.79 Å². The fraction of sp³-hybridized carbons (Fsp3) is 0.176. The number of hydrogen-bond donors (Lipinski definition) is 0. The SMILES string of the molecule is Cc1cccc(OCCN2C(=O)S/C(=C\c3ccco3)C2=O)c1. The minimum Gasteiger partial charge on any atom is -0.492 e. The summed E-state index contributed by atoms with van der Waals surface area (Å²) < 4.78 is 10.8. The standard InChI is InChI=1S/C17H15NO4S/c1-12-4-2-5-13(10-12)22-9-7-18-16(19)15(23-17(18)20)11-14-6-3-8-21-14/h2-6,8,10-11H,7,9H2,1H3/b15-11-. The number of imide groups is 1. The van der Waals surface area contributed by atoms with E-state index in [4.69, 9.17) is 9.15 Å². The highest BCUT2D eigenvalue weighted by molar-refractivity contribution is 8.18. The third-order valence-corrected chi connectivity index (χ3v) is 4.17. The van der Waals surface area contributed by atoms with Gasteiger partial charge in [0.1, 0.15) is 18.1 Å². The summed E-state index contributed by atoms with van der Waals surface area (Å²) in [7, 11) is 0. The predicted molar refractivity (Wildman–Crippen MR) is 88.1 cm³/mol. The summed E-state index contributed by atoms with van der Waals surface area (Å²) in [5, 5.41) is -0.291. The molecule has 0 radical (unpaired) electrons. The topological polar surface area (TPSA) is 59.8 Å². The van der Waals surface area contributed by atoms with Crippen molar-refractivity contribution in [3.8, 4) is 5.75 Å². The molecular weight excluding hydrogens is 314 g/mol. The first kappa shape index (κ1) is 15.4. The molecule has 0 unspecified atom stereocenters. The van der Waals surface area contributed by atoms with E-state index in [2.05, 4.69) is 0 Å². The molecule has 2 heterocycles. The molecule has 1 aromatic heterocycles. The maximum absolute atomic E-state index is 12.3. The molecule has 0 spiro atoms. The van der Waals surface area contributed by atoms with E-state index in [1.54, 1.807) is 18.2 Å². The normalized spacial score (nSPS) is 16.4. The second-order valence-corrected chi connectivity index (χ2v) is 6.01. The van der Waals surface area contributed by atoms with E-state index < -0.39 is 0 Å². The average molecular weight is 329 g/mol. The van der Waals surface area contributed by atoms with E-state index in [9.17, 15) is 9.59 Å². The molecule has 1 aromatic carbocycles. The Bertz CT molecular complexity index is 752. The van der Waals surface area contributed by atoms with Gasteiger partial charge in [-0.05, 0) is 48.5 Å². The van der Waals surface area contributed by atoms with Gasteiger partial charge in [-0.1, -0.05) is 12.1 Å². The number of benzene rings is 1. The largest absolute Gasteiger partial charge is 0.492 e. The quantitative estimate of drug-likeness (QED) is 0.783. The number of nitrogens with zero attached hydrogens (tertiary/aromatic N) is 1. The minimum atomic E-state index is -0.316. The van der Waals surface area contributed by atoms with Gasteiger partial charge in [0, 0.05) is 6.08 Å². The summed E-state index contributed by atoms with van der Waals surface area (Å²) in [6.45, 7) is 2.45. The molecule has 1 saturated heterocycles. The van der Waals surface area contributed by atoms with Gasteiger partial charge in [0.15, 0.2) is 0 Å². The molecule has 0 bridgehead atoms. The average Bonchev–Trinajstić information content (AvgIpc) is 3.11. The number of amides is 2. The van der Waals surface area contributed by atoms with Gasteiger partial charge < -0.3 is 9.15 Å². The van der Waals surface area contributed by atoms with Crippen LogP contribution in [0.5, 0.6) is 5.75 Å². The zero-order valence-corrected chi connectivity index (χ0v) is 13.3. The monoisotopic (exact) mass is 329 g/mol. The molecule has 1 aliphatic rings. The Labute approximate surface area is 137 Å². The van der Waals surface area contributed by atoms with Crippen LogP contribution in [0.25, 0.3) is 6.08 Å². The molecule has 1 fully saturated rings. The van der Waals surface area contributed by atoms with Crippen LogP contribution in [0.15, 0.2) is 52.0 Å². The number of furan rings is 1. The van der Waals surface area contributed by atoms with Crippen LogP contribution in [0.4, 0.5) is 4.79 Å². The number of hydrogen-bond acceptors (Lipinski definition) is 5. The van der Waals surface area contributed by atoms with Crippen LogP contribution in [0, 0.1) is 6.92 Å². The maximum atomic E-state index is 12.3. The van der Waals surface area contributed by atoms with Crippen LogP contribution < -0.4 is 4.74 Å². The Hall–Kier alpha value is -2.47. The molecule has 0 aliphatic carbocycles. The molecule has 3 rings (SSSR count). The predicted octanol–water partition coefficient (Wildman–Crippen LogP) is 3.70. The maximum Gasteiger partial charge on any atom is 0.293 e. The Kier molecular flexibility index (Phi) is 4.52.